The summed E-state index contributed by atoms with van der Waals surface area (Å²) in [6.07, 6.45) is 4.62. The van der Waals surface area contributed by atoms with Crippen molar-refractivity contribution in [1.82, 2.24) is 0 Å². The van der Waals surface area contributed by atoms with Crippen molar-refractivity contribution in [1.29, 1.82) is 0 Å². The van der Waals surface area contributed by atoms with Crippen LogP contribution in [0.4, 0.5) is 0 Å². The molecule has 0 aliphatic heterocycles. The second-order valence-corrected chi connectivity index (χ2v) is 9.19. The van der Waals surface area contributed by atoms with Crippen molar-refractivity contribution in [3.63, 3.8) is 0 Å². The molecule has 0 saturated heterocycles. The molecule has 1 fully saturated rings. The molecule has 0 aromatic heterocycles. The van der Waals surface area contributed by atoms with Crippen molar-refractivity contribution in [3.05, 3.63) is 33.3 Å². The summed E-state index contributed by atoms with van der Waals surface area (Å²) in [7, 11) is -2.98. The van der Waals surface area contributed by atoms with Crippen molar-refractivity contribution in [2.24, 2.45) is 11.7 Å². The van der Waals surface area contributed by atoms with Crippen LogP contribution >= 0.6 is 27.5 Å². The molecule has 0 radical (unpaired) electrons. The normalized spacial score (nSPS) is 25.4. The second-order valence-electron chi connectivity index (χ2n) is 5.57. The van der Waals surface area contributed by atoms with Gasteiger partial charge in [0.25, 0.3) is 0 Å². The molecule has 2 rings (SSSR count). The molecule has 0 amide bonds. The van der Waals surface area contributed by atoms with E-state index in [4.69, 9.17) is 17.3 Å². The molecule has 3 atom stereocenters. The maximum absolute atomic E-state index is 11.7. The van der Waals surface area contributed by atoms with Gasteiger partial charge in [0.2, 0.25) is 0 Å². The summed E-state index contributed by atoms with van der Waals surface area (Å²) < 4.78 is 24.4. The Morgan fingerprint density at radius 1 is 1.40 bits per heavy atom. The molecule has 0 heterocycles. The minimum Gasteiger partial charge on any atom is -0.324 e. The minimum atomic E-state index is -2.98. The molecule has 1 aromatic rings. The lowest BCUT2D eigenvalue weighted by Gasteiger charge is -2.32. The smallest absolute Gasteiger partial charge is 0.150 e. The number of rotatable bonds is 3. The molecule has 3 nitrogen and oxygen atoms in total. The van der Waals surface area contributed by atoms with Crippen LogP contribution in [0.5, 0.6) is 0 Å². The van der Waals surface area contributed by atoms with Gasteiger partial charge in [-0.3, -0.25) is 0 Å². The van der Waals surface area contributed by atoms with Crippen molar-refractivity contribution in [2.45, 2.75) is 37.0 Å². The van der Waals surface area contributed by atoms with Gasteiger partial charge < -0.3 is 5.73 Å². The lowest BCUT2D eigenvalue weighted by atomic mass is 9.81. The van der Waals surface area contributed by atoms with E-state index in [-0.39, 0.29) is 17.2 Å². The Hall–Kier alpha value is -0.100. The van der Waals surface area contributed by atoms with E-state index >= 15 is 0 Å². The number of nitrogens with two attached hydrogens (primary N) is 1. The predicted molar refractivity (Wildman–Crippen MR) is 86.7 cm³/mol. The summed E-state index contributed by atoms with van der Waals surface area (Å²) in [4.78, 5) is 0. The van der Waals surface area contributed by atoms with Crippen LogP contribution < -0.4 is 5.73 Å². The summed E-state index contributed by atoms with van der Waals surface area (Å²) in [6.45, 7) is 0. The SMILES string of the molecule is CS(=O)(=O)C1CCCC(C(N)c2ccc(Cl)cc2Br)C1. The number of hydrogen-bond acceptors (Lipinski definition) is 3. The van der Waals surface area contributed by atoms with E-state index in [9.17, 15) is 8.42 Å². The van der Waals surface area contributed by atoms with Gasteiger partial charge in [0.1, 0.15) is 9.84 Å². The predicted octanol–water partition coefficient (Wildman–Crippen LogP) is 3.71. The van der Waals surface area contributed by atoms with E-state index in [1.807, 2.05) is 18.2 Å². The Bertz CT molecular complexity index is 591. The number of sulfone groups is 1. The fourth-order valence-corrected chi connectivity index (χ4v) is 5.06. The molecule has 3 unspecified atom stereocenters. The van der Waals surface area contributed by atoms with Crippen LogP contribution in [0.15, 0.2) is 22.7 Å². The van der Waals surface area contributed by atoms with Crippen LogP contribution in [-0.4, -0.2) is 19.9 Å². The van der Waals surface area contributed by atoms with Crippen LogP contribution in [0.1, 0.15) is 37.3 Å². The molecule has 6 heteroatoms. The van der Waals surface area contributed by atoms with E-state index in [1.54, 1.807) is 0 Å². The van der Waals surface area contributed by atoms with Gasteiger partial charge in [0.05, 0.1) is 5.25 Å². The second kappa shape index (κ2) is 6.34. The summed E-state index contributed by atoms with van der Waals surface area (Å²) in [5.41, 5.74) is 7.35. The van der Waals surface area contributed by atoms with Gasteiger partial charge in [-0.05, 0) is 42.9 Å². The summed E-state index contributed by atoms with van der Waals surface area (Å²) in [5, 5.41) is 0.406. The largest absolute Gasteiger partial charge is 0.324 e. The average molecular weight is 381 g/mol. The molecule has 0 bridgehead atoms. The van der Waals surface area contributed by atoms with Gasteiger partial charge in [-0.1, -0.05) is 40.0 Å². The molecule has 1 aliphatic carbocycles. The number of halogens is 2. The fraction of sp³-hybridized carbons (Fsp3) is 0.571. The van der Waals surface area contributed by atoms with E-state index in [1.165, 1.54) is 6.26 Å². The van der Waals surface area contributed by atoms with E-state index < -0.39 is 9.84 Å². The molecule has 1 aromatic carbocycles. The molecule has 1 aliphatic rings. The standard InChI is InChI=1S/C14H19BrClNO2S/c1-20(18,19)11-4-2-3-9(7-11)14(17)12-6-5-10(16)8-13(12)15/h5-6,8-9,11,14H,2-4,7,17H2,1H3. The summed E-state index contributed by atoms with van der Waals surface area (Å²) >= 11 is 9.43. The van der Waals surface area contributed by atoms with Gasteiger partial charge in [0, 0.05) is 21.8 Å². The van der Waals surface area contributed by atoms with E-state index in [0.717, 1.165) is 29.3 Å². The molecule has 20 heavy (non-hydrogen) atoms. The average Bonchev–Trinajstić information content (AvgIpc) is 2.37. The molecule has 112 valence electrons. The first-order valence-electron chi connectivity index (χ1n) is 6.68. The van der Waals surface area contributed by atoms with Crippen LogP contribution in [-0.2, 0) is 9.84 Å². The highest BCUT2D eigenvalue weighted by atomic mass is 79.9. The van der Waals surface area contributed by atoms with Crippen LogP contribution in [0.3, 0.4) is 0 Å². The molecular weight excluding hydrogens is 362 g/mol. The van der Waals surface area contributed by atoms with Gasteiger partial charge in [-0.25, -0.2) is 8.42 Å². The Balaban J connectivity index is 2.18. The van der Waals surface area contributed by atoms with Crippen LogP contribution in [0.2, 0.25) is 5.02 Å². The lowest BCUT2D eigenvalue weighted by Crippen LogP contribution is -2.33. The summed E-state index contributed by atoms with van der Waals surface area (Å²) in [6, 6.07) is 5.40. The number of hydrogen-bond donors (Lipinski definition) is 1. The Morgan fingerprint density at radius 3 is 2.70 bits per heavy atom. The fourth-order valence-electron chi connectivity index (χ4n) is 2.92. The van der Waals surface area contributed by atoms with Gasteiger partial charge in [0.15, 0.2) is 0 Å². The van der Waals surface area contributed by atoms with Gasteiger partial charge in [-0.15, -0.1) is 0 Å². The van der Waals surface area contributed by atoms with Crippen molar-refractivity contribution in [3.8, 4) is 0 Å². The molecule has 2 N–H and O–H groups in total. The first-order valence-corrected chi connectivity index (χ1v) is 9.81. The Labute approximate surface area is 133 Å². The van der Waals surface area contributed by atoms with Gasteiger partial charge >= 0.3 is 0 Å². The van der Waals surface area contributed by atoms with Gasteiger partial charge in [-0.2, -0.15) is 0 Å². The Kier molecular flexibility index (Phi) is 5.16. The maximum atomic E-state index is 11.7. The first kappa shape index (κ1) is 16.3. The third kappa shape index (κ3) is 3.75. The quantitative estimate of drug-likeness (QED) is 0.869. The van der Waals surface area contributed by atoms with E-state index in [2.05, 4.69) is 15.9 Å². The number of benzene rings is 1. The van der Waals surface area contributed by atoms with Crippen molar-refractivity contribution < 1.29 is 8.42 Å². The topological polar surface area (TPSA) is 60.2 Å². The van der Waals surface area contributed by atoms with Crippen LogP contribution in [0.25, 0.3) is 0 Å². The monoisotopic (exact) mass is 379 g/mol. The molecule has 0 spiro atoms. The molecular formula is C14H19BrClNO2S. The zero-order valence-electron chi connectivity index (χ0n) is 11.4. The highest BCUT2D eigenvalue weighted by Gasteiger charge is 2.32. The maximum Gasteiger partial charge on any atom is 0.150 e. The van der Waals surface area contributed by atoms with Crippen LogP contribution in [0, 0.1) is 5.92 Å². The van der Waals surface area contributed by atoms with E-state index in [0.29, 0.717) is 11.4 Å². The Morgan fingerprint density at radius 2 is 2.10 bits per heavy atom. The highest BCUT2D eigenvalue weighted by molar-refractivity contribution is 9.10. The first-order chi connectivity index (χ1) is 9.29. The van der Waals surface area contributed by atoms with Crippen molar-refractivity contribution >= 4 is 37.4 Å². The summed E-state index contributed by atoms with van der Waals surface area (Å²) in [5.74, 6) is 0.195. The van der Waals surface area contributed by atoms with Crippen molar-refractivity contribution in [2.75, 3.05) is 6.26 Å². The zero-order chi connectivity index (χ0) is 14.9. The third-order valence-corrected chi connectivity index (χ3v) is 6.66. The lowest BCUT2D eigenvalue weighted by molar-refractivity contribution is 0.308. The third-order valence-electron chi connectivity index (χ3n) is 4.10. The minimum absolute atomic E-state index is 0.161. The zero-order valence-corrected chi connectivity index (χ0v) is 14.5. The molecule has 1 saturated carbocycles. The highest BCUT2D eigenvalue weighted by Crippen LogP contribution is 2.38.